The molecule has 0 N–H and O–H groups in total. The van der Waals surface area contributed by atoms with Crippen LogP contribution in [0.2, 0.25) is 0 Å². The molecule has 9 heavy (non-hydrogen) atoms. The maximum Gasteiger partial charge on any atom is 0.0967 e. The summed E-state index contributed by atoms with van der Waals surface area (Å²) in [5.74, 6) is 1.07. The van der Waals surface area contributed by atoms with Crippen molar-refractivity contribution in [2.75, 3.05) is 5.75 Å². The molecule has 1 aromatic heterocycles. The molecule has 1 radical (unpaired) electrons. The molecule has 1 aromatic rings. The maximum absolute atomic E-state index is 4.01. The summed E-state index contributed by atoms with van der Waals surface area (Å²) in [6.07, 6.45) is 2.77. The quantitative estimate of drug-likeness (QED) is 0.580. The summed E-state index contributed by atoms with van der Waals surface area (Å²) < 4.78 is 0. The van der Waals surface area contributed by atoms with Gasteiger partial charge in [-0.05, 0) is 17.9 Å². The van der Waals surface area contributed by atoms with E-state index in [9.17, 15) is 0 Å². The summed E-state index contributed by atoms with van der Waals surface area (Å²) in [6.45, 7) is 2.11. The van der Waals surface area contributed by atoms with Crippen LogP contribution in [-0.2, 0) is 0 Å². The number of nitrogens with zero attached hydrogens (tertiary/aromatic N) is 1. The second kappa shape index (κ2) is 3.51. The van der Waals surface area contributed by atoms with E-state index >= 15 is 0 Å². The molecule has 47 valence electrons. The largest absolute Gasteiger partial charge is 0.240 e. The molecule has 1 heterocycles. The van der Waals surface area contributed by atoms with Crippen LogP contribution in [-0.4, -0.2) is 10.7 Å². The van der Waals surface area contributed by atoms with E-state index in [4.69, 9.17) is 0 Å². The van der Waals surface area contributed by atoms with E-state index < -0.39 is 0 Å². The van der Waals surface area contributed by atoms with Crippen LogP contribution in [0.4, 0.5) is 0 Å². The third-order valence-corrected chi connectivity index (χ3v) is 1.69. The minimum atomic E-state index is 1.06. The van der Waals surface area contributed by atoms with E-state index in [-0.39, 0.29) is 0 Å². The highest BCUT2D eigenvalue weighted by Gasteiger charge is 1.87. The van der Waals surface area contributed by atoms with E-state index in [2.05, 4.69) is 18.1 Å². The highest BCUT2D eigenvalue weighted by atomic mass is 32.2. The first-order valence-electron chi connectivity index (χ1n) is 2.89. The molecule has 1 rings (SSSR count). The van der Waals surface area contributed by atoms with Crippen LogP contribution in [0.15, 0.2) is 23.2 Å². The molecule has 0 aromatic carbocycles. The standard InChI is InChI=1S/C7H8NS/c1-2-9-7-5-3-4-6-8-7/h3-5H,2H2,1H3. The fourth-order valence-electron chi connectivity index (χ4n) is 0.540. The molecule has 0 amide bonds. The summed E-state index contributed by atoms with van der Waals surface area (Å²) in [4.78, 5) is 4.01. The average molecular weight is 138 g/mol. The summed E-state index contributed by atoms with van der Waals surface area (Å²) >= 11 is 1.73. The van der Waals surface area contributed by atoms with Gasteiger partial charge in [-0.25, -0.2) is 4.98 Å². The van der Waals surface area contributed by atoms with Crippen LogP contribution in [0.1, 0.15) is 6.92 Å². The fourth-order valence-corrected chi connectivity index (χ4v) is 1.13. The van der Waals surface area contributed by atoms with Crippen molar-refractivity contribution in [3.8, 4) is 0 Å². The zero-order valence-corrected chi connectivity index (χ0v) is 6.11. The number of hydrogen-bond acceptors (Lipinski definition) is 2. The fraction of sp³-hybridized carbons (Fsp3) is 0.286. The average Bonchev–Trinajstić information content (AvgIpc) is 1.91. The van der Waals surface area contributed by atoms with Crippen molar-refractivity contribution in [3.63, 3.8) is 0 Å². The Morgan fingerprint density at radius 1 is 1.78 bits per heavy atom. The first-order valence-corrected chi connectivity index (χ1v) is 3.88. The molecule has 0 fully saturated rings. The Kier molecular flexibility index (Phi) is 2.58. The minimum absolute atomic E-state index is 1.06. The second-order valence-electron chi connectivity index (χ2n) is 1.54. The highest BCUT2D eigenvalue weighted by molar-refractivity contribution is 7.99. The van der Waals surface area contributed by atoms with Gasteiger partial charge < -0.3 is 0 Å². The van der Waals surface area contributed by atoms with Gasteiger partial charge in [0.25, 0.3) is 0 Å². The van der Waals surface area contributed by atoms with E-state index in [0.717, 1.165) is 10.8 Å². The third-order valence-electron chi connectivity index (χ3n) is 0.877. The Hall–Kier alpha value is -0.500. The normalized spacial score (nSPS) is 9.44. The molecule has 1 nitrogen and oxygen atoms in total. The van der Waals surface area contributed by atoms with Crippen molar-refractivity contribution < 1.29 is 0 Å². The summed E-state index contributed by atoms with van der Waals surface area (Å²) in [5, 5.41) is 1.06. The van der Waals surface area contributed by atoms with Gasteiger partial charge in [0.05, 0.1) is 11.2 Å². The molecular weight excluding hydrogens is 130 g/mol. The first kappa shape index (κ1) is 6.62. The Labute approximate surface area is 59.5 Å². The van der Waals surface area contributed by atoms with E-state index in [1.807, 2.05) is 12.1 Å². The predicted octanol–water partition coefficient (Wildman–Crippen LogP) is 1.99. The molecular formula is C7H8NS. The number of aromatic nitrogens is 1. The van der Waals surface area contributed by atoms with Gasteiger partial charge in [-0.3, -0.25) is 0 Å². The predicted molar refractivity (Wildman–Crippen MR) is 39.5 cm³/mol. The smallest absolute Gasteiger partial charge is 0.0967 e. The van der Waals surface area contributed by atoms with Crippen molar-refractivity contribution in [2.45, 2.75) is 11.9 Å². The van der Waals surface area contributed by atoms with E-state index in [1.54, 1.807) is 17.8 Å². The van der Waals surface area contributed by atoms with Crippen LogP contribution in [0.25, 0.3) is 0 Å². The van der Waals surface area contributed by atoms with Gasteiger partial charge in [0.15, 0.2) is 0 Å². The van der Waals surface area contributed by atoms with Gasteiger partial charge in [-0.15, -0.1) is 11.8 Å². The lowest BCUT2D eigenvalue weighted by Crippen LogP contribution is -1.76. The number of pyridine rings is 1. The number of hydrogen-bond donors (Lipinski definition) is 0. The van der Waals surface area contributed by atoms with Crippen molar-refractivity contribution in [2.24, 2.45) is 0 Å². The molecule has 0 aliphatic heterocycles. The Bertz CT molecular complexity index is 162. The van der Waals surface area contributed by atoms with Crippen LogP contribution in [0.5, 0.6) is 0 Å². The van der Waals surface area contributed by atoms with E-state index in [1.165, 1.54) is 0 Å². The van der Waals surface area contributed by atoms with Gasteiger partial charge in [-0.1, -0.05) is 13.0 Å². The zero-order valence-electron chi connectivity index (χ0n) is 5.29. The van der Waals surface area contributed by atoms with Gasteiger partial charge in [0.2, 0.25) is 0 Å². The van der Waals surface area contributed by atoms with Crippen LogP contribution in [0.3, 0.4) is 0 Å². The summed E-state index contributed by atoms with van der Waals surface area (Å²) in [6, 6.07) is 5.75. The van der Waals surface area contributed by atoms with Crippen molar-refractivity contribution in [3.05, 3.63) is 24.4 Å². The monoisotopic (exact) mass is 138 g/mol. The second-order valence-corrected chi connectivity index (χ2v) is 2.82. The lowest BCUT2D eigenvalue weighted by molar-refractivity contribution is 1.12. The minimum Gasteiger partial charge on any atom is -0.240 e. The molecule has 0 aliphatic rings. The van der Waals surface area contributed by atoms with E-state index in [0.29, 0.717) is 0 Å². The van der Waals surface area contributed by atoms with Crippen LogP contribution < -0.4 is 0 Å². The Balaban J connectivity index is 2.61. The lowest BCUT2D eigenvalue weighted by atomic mass is 10.5. The number of rotatable bonds is 2. The SMILES string of the molecule is CCSc1ccc[c]n1. The van der Waals surface area contributed by atoms with Crippen molar-refractivity contribution in [1.82, 2.24) is 4.98 Å². The van der Waals surface area contributed by atoms with Crippen molar-refractivity contribution >= 4 is 11.8 Å². The Morgan fingerprint density at radius 2 is 2.67 bits per heavy atom. The lowest BCUT2D eigenvalue weighted by Gasteiger charge is -1.91. The topological polar surface area (TPSA) is 12.9 Å². The molecule has 0 unspecified atom stereocenters. The zero-order chi connectivity index (χ0) is 6.53. The van der Waals surface area contributed by atoms with Crippen LogP contribution in [0, 0.1) is 6.20 Å². The third kappa shape index (κ3) is 2.06. The summed E-state index contributed by atoms with van der Waals surface area (Å²) in [5.41, 5.74) is 0. The molecule has 0 saturated carbocycles. The molecule has 2 heteroatoms. The van der Waals surface area contributed by atoms with Gasteiger partial charge >= 0.3 is 0 Å². The van der Waals surface area contributed by atoms with Gasteiger partial charge in [-0.2, -0.15) is 0 Å². The maximum atomic E-state index is 4.01. The molecule has 0 saturated heterocycles. The van der Waals surface area contributed by atoms with Gasteiger partial charge in [0, 0.05) is 0 Å². The van der Waals surface area contributed by atoms with Gasteiger partial charge in [0.1, 0.15) is 0 Å². The Morgan fingerprint density at radius 3 is 3.22 bits per heavy atom. The number of thioether (sulfide) groups is 1. The molecule has 0 atom stereocenters. The molecule has 0 spiro atoms. The first-order chi connectivity index (χ1) is 4.43. The van der Waals surface area contributed by atoms with Crippen molar-refractivity contribution in [1.29, 1.82) is 0 Å². The van der Waals surface area contributed by atoms with Crippen LogP contribution >= 0.6 is 11.8 Å². The summed E-state index contributed by atoms with van der Waals surface area (Å²) in [7, 11) is 0. The highest BCUT2D eigenvalue weighted by Crippen LogP contribution is 2.11. The molecule has 0 bridgehead atoms. The molecule has 0 aliphatic carbocycles.